The van der Waals surface area contributed by atoms with Gasteiger partial charge in [0.05, 0.1) is 6.26 Å². The first kappa shape index (κ1) is 13.9. The number of carbonyl (C=O) groups excluding carboxylic acids is 1. The first-order valence-electron chi connectivity index (χ1n) is 5.64. The molecule has 0 saturated carbocycles. The molecule has 2 nitrogen and oxygen atoms in total. The van der Waals surface area contributed by atoms with Gasteiger partial charge in [-0.25, -0.2) is 0 Å². The topological polar surface area (TPSA) is 26.3 Å². The Morgan fingerprint density at radius 3 is 2.60 bits per heavy atom. The molecular weight excluding hydrogens is 188 g/mol. The third-order valence-electron chi connectivity index (χ3n) is 2.10. The van der Waals surface area contributed by atoms with Crippen molar-refractivity contribution in [3.8, 4) is 0 Å². The maximum atomic E-state index is 10.9. The number of carbonyl (C=O) groups is 1. The second-order valence-corrected chi connectivity index (χ2v) is 3.83. The summed E-state index contributed by atoms with van der Waals surface area (Å²) < 4.78 is 4.89. The quantitative estimate of drug-likeness (QED) is 0.378. The first-order valence-corrected chi connectivity index (χ1v) is 5.64. The SMILES string of the molecule is CCCC(C)/C=C/C(C)=C/OC(=O)CC. The van der Waals surface area contributed by atoms with Crippen molar-refractivity contribution in [3.63, 3.8) is 0 Å². The number of hydrogen-bond donors (Lipinski definition) is 0. The molecule has 0 aliphatic heterocycles. The summed E-state index contributed by atoms with van der Waals surface area (Å²) in [6.07, 6.45) is 8.47. The summed E-state index contributed by atoms with van der Waals surface area (Å²) in [4.78, 5) is 10.9. The zero-order chi connectivity index (χ0) is 11.7. The van der Waals surface area contributed by atoms with E-state index in [9.17, 15) is 4.79 Å². The van der Waals surface area contributed by atoms with Gasteiger partial charge in [0.15, 0.2) is 0 Å². The van der Waals surface area contributed by atoms with Crippen molar-refractivity contribution in [3.05, 3.63) is 24.0 Å². The largest absolute Gasteiger partial charge is 0.434 e. The highest BCUT2D eigenvalue weighted by molar-refractivity contribution is 5.69. The van der Waals surface area contributed by atoms with E-state index < -0.39 is 0 Å². The van der Waals surface area contributed by atoms with E-state index in [1.165, 1.54) is 19.1 Å². The highest BCUT2D eigenvalue weighted by Crippen LogP contribution is 2.08. The summed E-state index contributed by atoms with van der Waals surface area (Å²) in [6, 6.07) is 0. The summed E-state index contributed by atoms with van der Waals surface area (Å²) in [5.41, 5.74) is 0.972. The third-order valence-corrected chi connectivity index (χ3v) is 2.10. The van der Waals surface area contributed by atoms with E-state index in [1.807, 2.05) is 13.0 Å². The minimum Gasteiger partial charge on any atom is -0.434 e. The highest BCUT2D eigenvalue weighted by atomic mass is 16.5. The fraction of sp³-hybridized carbons (Fsp3) is 0.615. The number of allylic oxidation sites excluding steroid dienone is 3. The summed E-state index contributed by atoms with van der Waals surface area (Å²) in [5.74, 6) is 0.393. The highest BCUT2D eigenvalue weighted by Gasteiger charge is 1.96. The maximum Gasteiger partial charge on any atom is 0.310 e. The Morgan fingerprint density at radius 1 is 1.40 bits per heavy atom. The van der Waals surface area contributed by atoms with Gasteiger partial charge in [-0.1, -0.05) is 39.3 Å². The smallest absolute Gasteiger partial charge is 0.310 e. The van der Waals surface area contributed by atoms with E-state index >= 15 is 0 Å². The fourth-order valence-electron chi connectivity index (χ4n) is 1.15. The van der Waals surface area contributed by atoms with E-state index in [2.05, 4.69) is 19.9 Å². The first-order chi connectivity index (χ1) is 7.10. The number of esters is 1. The van der Waals surface area contributed by atoms with Crippen LogP contribution in [-0.2, 0) is 9.53 Å². The molecule has 0 saturated heterocycles. The third kappa shape index (κ3) is 7.98. The number of rotatable bonds is 6. The Kier molecular flexibility index (Phi) is 7.69. The molecule has 0 fully saturated rings. The lowest BCUT2D eigenvalue weighted by molar-refractivity contribution is -0.137. The predicted molar refractivity (Wildman–Crippen MR) is 63.4 cm³/mol. The molecule has 2 heteroatoms. The summed E-state index contributed by atoms with van der Waals surface area (Å²) in [6.45, 7) is 8.07. The predicted octanol–water partition coefficient (Wildman–Crippen LogP) is 3.84. The van der Waals surface area contributed by atoms with Crippen molar-refractivity contribution in [2.75, 3.05) is 0 Å². The summed E-state index contributed by atoms with van der Waals surface area (Å²) >= 11 is 0. The van der Waals surface area contributed by atoms with Gasteiger partial charge in [0, 0.05) is 6.42 Å². The van der Waals surface area contributed by atoms with Crippen molar-refractivity contribution in [1.82, 2.24) is 0 Å². The fourth-order valence-corrected chi connectivity index (χ4v) is 1.15. The Bertz CT molecular complexity index is 239. The van der Waals surface area contributed by atoms with Gasteiger partial charge in [0.2, 0.25) is 0 Å². The van der Waals surface area contributed by atoms with Crippen molar-refractivity contribution in [2.24, 2.45) is 5.92 Å². The minimum atomic E-state index is -0.190. The molecular formula is C13H22O2. The molecule has 86 valence electrons. The molecule has 0 aliphatic rings. The lowest BCUT2D eigenvalue weighted by Crippen LogP contribution is -1.96. The molecule has 1 atom stereocenters. The molecule has 0 spiro atoms. The second kappa shape index (κ2) is 8.27. The molecule has 0 aliphatic carbocycles. The molecule has 0 aromatic rings. The van der Waals surface area contributed by atoms with Crippen LogP contribution < -0.4 is 0 Å². The van der Waals surface area contributed by atoms with Crippen molar-refractivity contribution >= 4 is 5.97 Å². The van der Waals surface area contributed by atoms with E-state index in [4.69, 9.17) is 4.74 Å². The van der Waals surface area contributed by atoms with Gasteiger partial charge in [-0.15, -0.1) is 0 Å². The number of ether oxygens (including phenoxy) is 1. The number of hydrogen-bond acceptors (Lipinski definition) is 2. The molecule has 1 unspecified atom stereocenters. The summed E-state index contributed by atoms with van der Waals surface area (Å²) in [5, 5.41) is 0. The van der Waals surface area contributed by atoms with Crippen LogP contribution in [0.15, 0.2) is 24.0 Å². The zero-order valence-corrected chi connectivity index (χ0v) is 10.2. The van der Waals surface area contributed by atoms with Crippen molar-refractivity contribution in [2.45, 2.75) is 47.0 Å². The average Bonchev–Trinajstić information content (AvgIpc) is 2.23. The molecule has 0 aromatic carbocycles. The molecule has 0 heterocycles. The molecule has 0 bridgehead atoms. The van der Waals surface area contributed by atoms with E-state index in [0.29, 0.717) is 12.3 Å². The molecule has 0 radical (unpaired) electrons. The van der Waals surface area contributed by atoms with Crippen LogP contribution in [0.2, 0.25) is 0 Å². The van der Waals surface area contributed by atoms with Crippen LogP contribution in [0.25, 0.3) is 0 Å². The van der Waals surface area contributed by atoms with Gasteiger partial charge in [-0.2, -0.15) is 0 Å². The molecule has 0 aromatic heterocycles. The van der Waals surface area contributed by atoms with E-state index in [-0.39, 0.29) is 5.97 Å². The van der Waals surface area contributed by atoms with Crippen LogP contribution in [0.1, 0.15) is 47.0 Å². The maximum absolute atomic E-state index is 10.9. The molecule has 15 heavy (non-hydrogen) atoms. The molecule has 0 rings (SSSR count). The van der Waals surface area contributed by atoms with Crippen LogP contribution in [0.5, 0.6) is 0 Å². The normalized spacial score (nSPS) is 14.3. The van der Waals surface area contributed by atoms with Gasteiger partial charge in [0.25, 0.3) is 0 Å². The Balaban J connectivity index is 3.99. The summed E-state index contributed by atoms with van der Waals surface area (Å²) in [7, 11) is 0. The minimum absolute atomic E-state index is 0.190. The molecule has 0 N–H and O–H groups in total. The Hall–Kier alpha value is -1.05. The van der Waals surface area contributed by atoms with Crippen molar-refractivity contribution < 1.29 is 9.53 Å². The van der Waals surface area contributed by atoms with Gasteiger partial charge in [0.1, 0.15) is 0 Å². The van der Waals surface area contributed by atoms with Gasteiger partial charge in [-0.05, 0) is 24.8 Å². The average molecular weight is 210 g/mol. The molecule has 0 amide bonds. The monoisotopic (exact) mass is 210 g/mol. The Labute approximate surface area is 93.0 Å². The van der Waals surface area contributed by atoms with E-state index in [1.54, 1.807) is 6.92 Å². The lowest BCUT2D eigenvalue weighted by atomic mass is 10.1. The van der Waals surface area contributed by atoms with E-state index in [0.717, 1.165) is 5.57 Å². The second-order valence-electron chi connectivity index (χ2n) is 3.83. The van der Waals surface area contributed by atoms with Crippen LogP contribution in [0.4, 0.5) is 0 Å². The van der Waals surface area contributed by atoms with Gasteiger partial charge >= 0.3 is 5.97 Å². The van der Waals surface area contributed by atoms with Gasteiger partial charge in [-0.3, -0.25) is 4.79 Å². The van der Waals surface area contributed by atoms with Crippen molar-refractivity contribution in [1.29, 1.82) is 0 Å². The van der Waals surface area contributed by atoms with Crippen LogP contribution in [-0.4, -0.2) is 5.97 Å². The van der Waals surface area contributed by atoms with Crippen LogP contribution in [0.3, 0.4) is 0 Å². The lowest BCUT2D eigenvalue weighted by Gasteiger charge is -2.02. The van der Waals surface area contributed by atoms with Crippen LogP contribution in [0, 0.1) is 5.92 Å². The standard InChI is InChI=1S/C13H22O2/c1-5-7-11(3)8-9-12(4)10-15-13(14)6-2/h8-11H,5-7H2,1-4H3/b9-8+,12-10+. The van der Waals surface area contributed by atoms with Gasteiger partial charge < -0.3 is 4.74 Å². The van der Waals surface area contributed by atoms with Crippen LogP contribution >= 0.6 is 0 Å². The Morgan fingerprint density at radius 2 is 2.07 bits per heavy atom. The zero-order valence-electron chi connectivity index (χ0n) is 10.2.